The molecule has 3 rings (SSSR count). The number of halogens is 3. The van der Waals surface area contributed by atoms with E-state index >= 15 is 0 Å². The second-order valence-corrected chi connectivity index (χ2v) is 6.13. The van der Waals surface area contributed by atoms with E-state index in [0.717, 1.165) is 29.7 Å². The van der Waals surface area contributed by atoms with Gasteiger partial charge in [-0.1, -0.05) is 35.3 Å². The SMILES string of the molecule is CNC1(COc2cnc(Cl)c(-c3cccc(Cl)c3)c2)CC1.Cl. The largest absolute Gasteiger partial charge is 0.490 e. The van der Waals surface area contributed by atoms with Crippen molar-refractivity contribution >= 4 is 35.6 Å². The van der Waals surface area contributed by atoms with Crippen LogP contribution in [0.3, 0.4) is 0 Å². The first kappa shape index (κ1) is 17.4. The molecule has 0 unspecified atom stereocenters. The van der Waals surface area contributed by atoms with Gasteiger partial charge in [0.2, 0.25) is 0 Å². The Labute approximate surface area is 146 Å². The summed E-state index contributed by atoms with van der Waals surface area (Å²) in [5.41, 5.74) is 1.89. The zero-order valence-corrected chi connectivity index (χ0v) is 14.4. The summed E-state index contributed by atoms with van der Waals surface area (Å²) in [5, 5.41) is 4.41. The van der Waals surface area contributed by atoms with Gasteiger partial charge in [-0.3, -0.25) is 0 Å². The van der Waals surface area contributed by atoms with Crippen molar-refractivity contribution in [1.82, 2.24) is 10.3 Å². The van der Waals surface area contributed by atoms with Crippen LogP contribution in [0.4, 0.5) is 0 Å². The summed E-state index contributed by atoms with van der Waals surface area (Å²) >= 11 is 12.2. The number of ether oxygens (including phenoxy) is 1. The van der Waals surface area contributed by atoms with Crippen LogP contribution in [-0.2, 0) is 0 Å². The number of aromatic nitrogens is 1. The Morgan fingerprint density at radius 1 is 1.27 bits per heavy atom. The molecule has 1 heterocycles. The second-order valence-electron chi connectivity index (χ2n) is 5.34. The van der Waals surface area contributed by atoms with Crippen LogP contribution in [0.2, 0.25) is 10.2 Å². The molecule has 0 amide bonds. The molecule has 0 bridgehead atoms. The Kier molecular flexibility index (Phi) is 5.56. The van der Waals surface area contributed by atoms with Crippen molar-refractivity contribution in [2.45, 2.75) is 18.4 Å². The fourth-order valence-electron chi connectivity index (χ4n) is 2.21. The van der Waals surface area contributed by atoms with Crippen LogP contribution < -0.4 is 10.1 Å². The van der Waals surface area contributed by atoms with Gasteiger partial charge in [-0.05, 0) is 43.7 Å². The molecule has 1 saturated carbocycles. The molecule has 118 valence electrons. The lowest BCUT2D eigenvalue weighted by Gasteiger charge is -2.15. The molecular weight excluding hydrogens is 343 g/mol. The van der Waals surface area contributed by atoms with Crippen LogP contribution in [-0.4, -0.2) is 24.2 Å². The van der Waals surface area contributed by atoms with Gasteiger partial charge in [0.25, 0.3) is 0 Å². The molecule has 1 aromatic carbocycles. The molecule has 0 saturated heterocycles. The quantitative estimate of drug-likeness (QED) is 0.792. The number of benzene rings is 1. The summed E-state index contributed by atoms with van der Waals surface area (Å²) in [6.07, 6.45) is 3.94. The Morgan fingerprint density at radius 3 is 2.68 bits per heavy atom. The van der Waals surface area contributed by atoms with Crippen molar-refractivity contribution in [2.24, 2.45) is 0 Å². The highest BCUT2D eigenvalue weighted by molar-refractivity contribution is 6.32. The van der Waals surface area contributed by atoms with Gasteiger partial charge < -0.3 is 10.1 Å². The summed E-state index contributed by atoms with van der Waals surface area (Å²) in [6.45, 7) is 0.641. The lowest BCUT2D eigenvalue weighted by Crippen LogP contribution is -2.33. The Balaban J connectivity index is 0.00000176. The van der Waals surface area contributed by atoms with Crippen LogP contribution in [0, 0.1) is 0 Å². The number of hydrogen-bond donors (Lipinski definition) is 1. The maximum atomic E-state index is 6.19. The van der Waals surface area contributed by atoms with Gasteiger partial charge in [0.1, 0.15) is 17.5 Å². The van der Waals surface area contributed by atoms with Gasteiger partial charge in [0.15, 0.2) is 0 Å². The lowest BCUT2D eigenvalue weighted by molar-refractivity contribution is 0.259. The van der Waals surface area contributed by atoms with Crippen molar-refractivity contribution in [1.29, 1.82) is 0 Å². The zero-order chi connectivity index (χ0) is 14.9. The van der Waals surface area contributed by atoms with Crippen molar-refractivity contribution in [3.63, 3.8) is 0 Å². The third-order valence-corrected chi connectivity index (χ3v) is 4.38. The molecule has 6 heteroatoms. The summed E-state index contributed by atoms with van der Waals surface area (Å²) in [5.74, 6) is 0.718. The summed E-state index contributed by atoms with van der Waals surface area (Å²) in [6, 6.07) is 9.45. The average molecular weight is 360 g/mol. The van der Waals surface area contributed by atoms with Crippen molar-refractivity contribution in [3.8, 4) is 16.9 Å². The molecule has 22 heavy (non-hydrogen) atoms. The van der Waals surface area contributed by atoms with Crippen molar-refractivity contribution in [2.75, 3.05) is 13.7 Å². The van der Waals surface area contributed by atoms with E-state index in [-0.39, 0.29) is 17.9 Å². The van der Waals surface area contributed by atoms with Gasteiger partial charge >= 0.3 is 0 Å². The molecule has 2 aromatic rings. The van der Waals surface area contributed by atoms with Crippen LogP contribution >= 0.6 is 35.6 Å². The number of pyridine rings is 1. The van der Waals surface area contributed by atoms with Gasteiger partial charge in [-0.25, -0.2) is 4.98 Å². The standard InChI is InChI=1S/C16H16Cl2N2O.ClH/c1-19-16(5-6-16)10-21-13-8-14(15(18)20-9-13)11-3-2-4-12(17)7-11;/h2-4,7-9,19H,5-6,10H2,1H3;1H. The van der Waals surface area contributed by atoms with Gasteiger partial charge in [-0.15, -0.1) is 12.4 Å². The highest BCUT2D eigenvalue weighted by atomic mass is 35.5. The number of rotatable bonds is 5. The Morgan fingerprint density at radius 2 is 2.05 bits per heavy atom. The van der Waals surface area contributed by atoms with Crippen LogP contribution in [0.15, 0.2) is 36.5 Å². The Hall–Kier alpha value is -1.000. The first-order chi connectivity index (χ1) is 10.1. The molecule has 1 aliphatic rings. The number of nitrogens with one attached hydrogen (secondary N) is 1. The first-order valence-electron chi connectivity index (χ1n) is 6.85. The van der Waals surface area contributed by atoms with E-state index in [0.29, 0.717) is 16.8 Å². The lowest BCUT2D eigenvalue weighted by atomic mass is 10.1. The number of nitrogens with zero attached hydrogens (tertiary/aromatic N) is 1. The average Bonchev–Trinajstić information content (AvgIpc) is 3.27. The third-order valence-electron chi connectivity index (χ3n) is 3.85. The van der Waals surface area contributed by atoms with E-state index < -0.39 is 0 Å². The zero-order valence-electron chi connectivity index (χ0n) is 12.1. The topological polar surface area (TPSA) is 34.1 Å². The summed E-state index contributed by atoms with van der Waals surface area (Å²) in [7, 11) is 1.97. The van der Waals surface area contributed by atoms with Crippen LogP contribution in [0.1, 0.15) is 12.8 Å². The molecule has 3 nitrogen and oxygen atoms in total. The van der Waals surface area contributed by atoms with E-state index in [1.807, 2.05) is 37.4 Å². The molecule has 1 N–H and O–H groups in total. The third kappa shape index (κ3) is 3.85. The van der Waals surface area contributed by atoms with E-state index in [2.05, 4.69) is 10.3 Å². The minimum atomic E-state index is 0. The molecule has 0 radical (unpaired) electrons. The fraction of sp³-hybridized carbons (Fsp3) is 0.312. The predicted molar refractivity (Wildman–Crippen MR) is 93.5 cm³/mol. The predicted octanol–water partition coefficient (Wildman–Crippen LogP) is 4.61. The van der Waals surface area contributed by atoms with Crippen LogP contribution in [0.5, 0.6) is 5.75 Å². The second kappa shape index (κ2) is 7.05. The summed E-state index contributed by atoms with van der Waals surface area (Å²) < 4.78 is 5.85. The van der Waals surface area contributed by atoms with Crippen molar-refractivity contribution in [3.05, 3.63) is 46.7 Å². The molecule has 1 aromatic heterocycles. The van der Waals surface area contributed by atoms with E-state index in [4.69, 9.17) is 27.9 Å². The van der Waals surface area contributed by atoms with Crippen LogP contribution in [0.25, 0.3) is 11.1 Å². The minimum Gasteiger partial charge on any atom is -0.490 e. The molecule has 1 fully saturated rings. The number of likely N-dealkylation sites (N-methyl/N-ethyl adjacent to an activating group) is 1. The molecule has 0 aliphatic heterocycles. The van der Waals surface area contributed by atoms with E-state index in [9.17, 15) is 0 Å². The highest BCUT2D eigenvalue weighted by Gasteiger charge is 2.41. The monoisotopic (exact) mass is 358 g/mol. The smallest absolute Gasteiger partial charge is 0.138 e. The fourth-order valence-corrected chi connectivity index (χ4v) is 2.61. The van der Waals surface area contributed by atoms with Crippen molar-refractivity contribution < 1.29 is 4.74 Å². The molecular formula is C16H17Cl3N2O. The highest BCUT2D eigenvalue weighted by Crippen LogP contribution is 2.36. The normalized spacial score (nSPS) is 15.0. The van der Waals surface area contributed by atoms with Gasteiger partial charge in [0, 0.05) is 10.6 Å². The van der Waals surface area contributed by atoms with Gasteiger partial charge in [0.05, 0.1) is 11.7 Å². The van der Waals surface area contributed by atoms with E-state index in [1.165, 1.54) is 0 Å². The molecule has 0 spiro atoms. The van der Waals surface area contributed by atoms with E-state index in [1.54, 1.807) is 6.20 Å². The summed E-state index contributed by atoms with van der Waals surface area (Å²) in [4.78, 5) is 4.21. The number of hydrogen-bond acceptors (Lipinski definition) is 3. The maximum Gasteiger partial charge on any atom is 0.138 e. The first-order valence-corrected chi connectivity index (χ1v) is 7.61. The minimum absolute atomic E-state index is 0. The molecule has 0 atom stereocenters. The molecule has 1 aliphatic carbocycles. The van der Waals surface area contributed by atoms with Gasteiger partial charge in [-0.2, -0.15) is 0 Å². The Bertz CT molecular complexity index is 660. The maximum absolute atomic E-state index is 6.19.